The molecule has 1 aliphatic carbocycles. The molecule has 1 unspecified atom stereocenters. The molecule has 0 saturated carbocycles. The molecule has 0 N–H and O–H groups in total. The van der Waals surface area contributed by atoms with Gasteiger partial charge in [0.15, 0.2) is 5.78 Å². The second-order valence-corrected chi connectivity index (χ2v) is 7.63. The van der Waals surface area contributed by atoms with E-state index in [0.29, 0.717) is 42.0 Å². The zero-order chi connectivity index (χ0) is 19.7. The summed E-state index contributed by atoms with van der Waals surface area (Å²) in [6, 6.07) is 6.33. The number of rotatable bonds is 4. The Hall–Kier alpha value is -2.34. The van der Waals surface area contributed by atoms with Crippen LogP contribution >= 0.6 is 0 Å². The Morgan fingerprint density at radius 3 is 2.86 bits per heavy atom. The van der Waals surface area contributed by atoms with Gasteiger partial charge in [0.05, 0.1) is 6.10 Å². The van der Waals surface area contributed by atoms with Crippen molar-refractivity contribution in [1.82, 2.24) is 0 Å². The van der Waals surface area contributed by atoms with Crippen molar-refractivity contribution < 1.29 is 23.5 Å². The molecule has 4 rings (SSSR count). The lowest BCUT2D eigenvalue weighted by atomic mass is 9.71. The van der Waals surface area contributed by atoms with Crippen LogP contribution < -0.4 is 0 Å². The van der Waals surface area contributed by atoms with E-state index in [-0.39, 0.29) is 18.5 Å². The fourth-order valence-electron chi connectivity index (χ4n) is 4.42. The molecule has 2 aliphatic heterocycles. The summed E-state index contributed by atoms with van der Waals surface area (Å²) in [4.78, 5) is 30.3. The fraction of sp³-hybridized carbons (Fsp3) is 0.500. The molecule has 0 aromatic heterocycles. The molecule has 2 heterocycles. The third-order valence-corrected chi connectivity index (χ3v) is 5.76. The van der Waals surface area contributed by atoms with Crippen LogP contribution in [0.4, 0.5) is 4.39 Å². The average molecular weight is 385 g/mol. The van der Waals surface area contributed by atoms with Crippen LogP contribution in [0, 0.1) is 11.7 Å². The summed E-state index contributed by atoms with van der Waals surface area (Å²) < 4.78 is 25.8. The molecule has 5 nitrogen and oxygen atoms in total. The van der Waals surface area contributed by atoms with E-state index in [1.165, 1.54) is 6.07 Å². The van der Waals surface area contributed by atoms with Crippen LogP contribution in [-0.2, 0) is 19.1 Å². The summed E-state index contributed by atoms with van der Waals surface area (Å²) in [5.74, 6) is -2.46. The molecule has 0 amide bonds. The van der Waals surface area contributed by atoms with Gasteiger partial charge in [-0.1, -0.05) is 18.2 Å². The van der Waals surface area contributed by atoms with Crippen LogP contribution in [0.25, 0.3) is 0 Å². The minimum atomic E-state index is -0.806. The first kappa shape index (κ1) is 19.0. The van der Waals surface area contributed by atoms with Gasteiger partial charge >= 0.3 is 5.97 Å². The topological polar surface area (TPSA) is 65.0 Å². The van der Waals surface area contributed by atoms with Gasteiger partial charge in [-0.3, -0.25) is 14.6 Å². The maximum Gasteiger partial charge on any atom is 0.315 e. The Bertz CT molecular complexity index is 854. The second-order valence-electron chi connectivity index (χ2n) is 7.63. The zero-order valence-electron chi connectivity index (χ0n) is 15.9. The number of benzene rings is 1. The molecule has 1 aromatic carbocycles. The maximum atomic E-state index is 14.7. The Kier molecular flexibility index (Phi) is 5.40. The summed E-state index contributed by atoms with van der Waals surface area (Å²) in [6.07, 6.45) is 3.51. The summed E-state index contributed by atoms with van der Waals surface area (Å²) in [6.45, 7) is 2.61. The predicted molar refractivity (Wildman–Crippen MR) is 102 cm³/mol. The highest BCUT2D eigenvalue weighted by molar-refractivity contribution is 6.08. The molecule has 28 heavy (non-hydrogen) atoms. The van der Waals surface area contributed by atoms with Gasteiger partial charge in [-0.15, -0.1) is 0 Å². The predicted octanol–water partition coefficient (Wildman–Crippen LogP) is 3.73. The maximum absolute atomic E-state index is 14.7. The molecular weight excluding hydrogens is 361 g/mol. The molecular formula is C22H24FNO4. The van der Waals surface area contributed by atoms with E-state index in [9.17, 15) is 14.0 Å². The van der Waals surface area contributed by atoms with E-state index in [1.807, 2.05) is 0 Å². The van der Waals surface area contributed by atoms with Crippen molar-refractivity contribution in [3.05, 3.63) is 46.9 Å². The fourth-order valence-corrected chi connectivity index (χ4v) is 4.42. The van der Waals surface area contributed by atoms with E-state index in [2.05, 4.69) is 4.99 Å². The van der Waals surface area contributed by atoms with E-state index in [0.717, 1.165) is 19.3 Å². The number of hydrogen-bond acceptors (Lipinski definition) is 5. The Morgan fingerprint density at radius 2 is 2.11 bits per heavy atom. The Morgan fingerprint density at radius 1 is 1.29 bits per heavy atom. The normalized spacial score (nSPS) is 27.4. The van der Waals surface area contributed by atoms with Crippen LogP contribution in [0.15, 0.2) is 40.5 Å². The third-order valence-electron chi connectivity index (χ3n) is 5.76. The van der Waals surface area contributed by atoms with Gasteiger partial charge < -0.3 is 9.47 Å². The summed E-state index contributed by atoms with van der Waals surface area (Å²) in [5.41, 5.74) is 2.07. The van der Waals surface area contributed by atoms with E-state index >= 15 is 0 Å². The molecule has 6 heteroatoms. The SMILES string of the molecule is CC1=NC2=C(C(=O)CCC2)[C@@H](c2ccccc2F)C1C(=O)OC[C@H]1CCCO1. The number of esters is 1. The van der Waals surface area contributed by atoms with Crippen LogP contribution in [0.3, 0.4) is 0 Å². The molecule has 3 atom stereocenters. The van der Waals surface area contributed by atoms with E-state index in [1.54, 1.807) is 25.1 Å². The lowest BCUT2D eigenvalue weighted by molar-refractivity contribution is -0.149. The van der Waals surface area contributed by atoms with Crippen LogP contribution in [0.2, 0.25) is 0 Å². The minimum absolute atomic E-state index is 0.0531. The third kappa shape index (κ3) is 3.53. The van der Waals surface area contributed by atoms with Gasteiger partial charge in [-0.25, -0.2) is 4.39 Å². The molecule has 0 spiro atoms. The van der Waals surface area contributed by atoms with Gasteiger partial charge in [0.25, 0.3) is 0 Å². The molecule has 1 fully saturated rings. The highest BCUT2D eigenvalue weighted by Gasteiger charge is 2.44. The number of carbonyl (C=O) groups is 2. The quantitative estimate of drug-likeness (QED) is 0.741. The number of halogens is 1. The van der Waals surface area contributed by atoms with Crippen LogP contribution in [0.5, 0.6) is 0 Å². The smallest absolute Gasteiger partial charge is 0.315 e. The van der Waals surface area contributed by atoms with E-state index < -0.39 is 23.6 Å². The molecule has 1 saturated heterocycles. The van der Waals surface area contributed by atoms with Gasteiger partial charge in [-0.2, -0.15) is 0 Å². The lowest BCUT2D eigenvalue weighted by Gasteiger charge is -2.34. The number of ether oxygens (including phenoxy) is 2. The van der Waals surface area contributed by atoms with Crippen LogP contribution in [-0.4, -0.2) is 36.8 Å². The van der Waals surface area contributed by atoms with Crippen molar-refractivity contribution in [2.75, 3.05) is 13.2 Å². The van der Waals surface area contributed by atoms with Crippen LogP contribution in [0.1, 0.15) is 50.5 Å². The molecule has 148 valence electrons. The highest BCUT2D eigenvalue weighted by atomic mass is 19.1. The molecule has 1 aromatic rings. The van der Waals surface area contributed by atoms with Crippen molar-refractivity contribution >= 4 is 17.5 Å². The first-order valence-electron chi connectivity index (χ1n) is 9.90. The van der Waals surface area contributed by atoms with Crippen molar-refractivity contribution in [1.29, 1.82) is 0 Å². The van der Waals surface area contributed by atoms with E-state index in [4.69, 9.17) is 9.47 Å². The summed E-state index contributed by atoms with van der Waals surface area (Å²) in [5, 5.41) is 0. The summed E-state index contributed by atoms with van der Waals surface area (Å²) in [7, 11) is 0. The zero-order valence-corrected chi connectivity index (χ0v) is 15.9. The molecule has 3 aliphatic rings. The number of hydrogen-bond donors (Lipinski definition) is 0. The number of ketones is 1. The van der Waals surface area contributed by atoms with Crippen molar-refractivity contribution in [3.63, 3.8) is 0 Å². The van der Waals surface area contributed by atoms with Gasteiger partial charge in [0.2, 0.25) is 0 Å². The molecule has 0 bridgehead atoms. The van der Waals surface area contributed by atoms with Gasteiger partial charge in [0, 0.05) is 35.9 Å². The highest BCUT2D eigenvalue weighted by Crippen LogP contribution is 2.44. The Balaban J connectivity index is 1.70. The molecule has 0 radical (unpaired) electrons. The number of allylic oxidation sites excluding steroid dienone is 2. The lowest BCUT2D eigenvalue weighted by Crippen LogP contribution is -2.38. The first-order chi connectivity index (χ1) is 13.6. The summed E-state index contributed by atoms with van der Waals surface area (Å²) >= 11 is 0. The van der Waals surface area contributed by atoms with Gasteiger partial charge in [-0.05, 0) is 44.2 Å². The van der Waals surface area contributed by atoms with Crippen molar-refractivity contribution in [2.45, 2.75) is 51.0 Å². The van der Waals surface area contributed by atoms with Crippen molar-refractivity contribution in [2.24, 2.45) is 10.9 Å². The number of Topliss-reactive ketones (excluding diaryl/α,β-unsaturated/α-hetero) is 1. The van der Waals surface area contributed by atoms with Gasteiger partial charge in [0.1, 0.15) is 18.3 Å². The van der Waals surface area contributed by atoms with Crippen molar-refractivity contribution in [3.8, 4) is 0 Å². The monoisotopic (exact) mass is 385 g/mol. The number of nitrogens with zero attached hydrogens (tertiary/aromatic N) is 1. The largest absolute Gasteiger partial charge is 0.462 e. The Labute approximate surface area is 163 Å². The average Bonchev–Trinajstić information content (AvgIpc) is 3.19. The standard InChI is InChI=1S/C22H24FNO4/c1-13-19(22(26)28-12-14-6-5-11-27-14)20(15-7-2-3-8-16(15)23)21-17(24-13)9-4-10-18(21)25/h2-3,7-8,14,19-20H,4-6,9-12H2,1H3/t14-,19?,20+/m1/s1. The first-order valence-corrected chi connectivity index (χ1v) is 9.90. The number of aliphatic imine (C=N–C) groups is 1. The second kappa shape index (κ2) is 7.95. The minimum Gasteiger partial charge on any atom is -0.462 e. The number of carbonyl (C=O) groups excluding carboxylic acids is 2.